The predicted octanol–water partition coefficient (Wildman–Crippen LogP) is 2.22. The topological polar surface area (TPSA) is 77.2 Å². The molecule has 0 aliphatic heterocycles. The molecule has 0 amide bonds. The van der Waals surface area contributed by atoms with Gasteiger partial charge in [-0.05, 0) is 24.3 Å². The Balaban J connectivity index is 0.00000288. The van der Waals surface area contributed by atoms with E-state index in [9.17, 15) is 10.2 Å². The van der Waals surface area contributed by atoms with Gasteiger partial charge in [0, 0.05) is 53.7 Å². The van der Waals surface area contributed by atoms with Gasteiger partial charge in [0.05, 0.1) is 13.1 Å². The molecule has 0 aliphatic carbocycles. The molecule has 0 saturated carbocycles. The molecule has 24 heavy (non-hydrogen) atoms. The number of phenols is 2. The summed E-state index contributed by atoms with van der Waals surface area (Å²) in [5.74, 6) is 0.477. The first kappa shape index (κ1) is 19.9. The van der Waals surface area contributed by atoms with Crippen molar-refractivity contribution in [1.29, 1.82) is 0 Å². The average molecular weight is 366 g/mol. The zero-order chi connectivity index (χ0) is 16.3. The molecule has 2 aromatic rings. The van der Waals surface area contributed by atoms with E-state index in [-0.39, 0.29) is 28.6 Å². The van der Waals surface area contributed by atoms with E-state index in [1.165, 1.54) is 0 Å². The Morgan fingerprint density at radius 1 is 0.750 bits per heavy atom. The van der Waals surface area contributed by atoms with Gasteiger partial charge in [0.15, 0.2) is 0 Å². The van der Waals surface area contributed by atoms with E-state index in [1.807, 2.05) is 24.3 Å². The molecular weight excluding hydrogens is 345 g/mol. The summed E-state index contributed by atoms with van der Waals surface area (Å²) in [6, 6.07) is 14.2. The summed E-state index contributed by atoms with van der Waals surface area (Å²) in [6.45, 7) is 2.77. The Morgan fingerprint density at radius 2 is 1.17 bits per heavy atom. The zero-order valence-corrected chi connectivity index (χ0v) is 14.4. The molecule has 0 bridgehead atoms. The first-order valence-corrected chi connectivity index (χ1v) is 7.54. The second-order valence-corrected chi connectivity index (χ2v) is 4.94. The molecule has 0 saturated heterocycles. The van der Waals surface area contributed by atoms with Crippen molar-refractivity contribution >= 4 is 12.4 Å². The third kappa shape index (κ3) is 6.96. The quantitative estimate of drug-likeness (QED) is 0.381. The van der Waals surface area contributed by atoms with Crippen molar-refractivity contribution in [3.63, 3.8) is 0 Å². The van der Waals surface area contributed by atoms with Crippen LogP contribution in [0.3, 0.4) is 0 Å². The van der Waals surface area contributed by atoms with Crippen LogP contribution in [0.25, 0.3) is 0 Å². The second-order valence-electron chi connectivity index (χ2n) is 4.94. The molecule has 0 heterocycles. The molecule has 0 spiro atoms. The molecule has 6 heteroatoms. The summed E-state index contributed by atoms with van der Waals surface area (Å²) in [6.07, 6.45) is 3.35. The molecule has 0 unspecified atom stereocenters. The molecule has 0 aromatic heterocycles. The van der Waals surface area contributed by atoms with Gasteiger partial charge in [-0.1, -0.05) is 24.3 Å². The Hall–Kier alpha value is -2.14. The van der Waals surface area contributed by atoms with Crippen molar-refractivity contribution < 1.29 is 27.3 Å². The smallest absolute Gasteiger partial charge is 0.124 e. The van der Waals surface area contributed by atoms with Gasteiger partial charge in [-0.15, -0.1) is 0 Å². The van der Waals surface area contributed by atoms with Crippen LogP contribution < -0.4 is 5.32 Å². The van der Waals surface area contributed by atoms with Crippen molar-refractivity contribution in [3.8, 4) is 11.5 Å². The summed E-state index contributed by atoms with van der Waals surface area (Å²) in [7, 11) is 0. The van der Waals surface area contributed by atoms with Crippen LogP contribution >= 0.6 is 0 Å². The summed E-state index contributed by atoms with van der Waals surface area (Å²) in [4.78, 5) is 8.52. The van der Waals surface area contributed by atoms with Crippen molar-refractivity contribution in [1.82, 2.24) is 5.32 Å². The van der Waals surface area contributed by atoms with Crippen LogP contribution in [0.2, 0.25) is 0 Å². The minimum absolute atomic E-state index is 0. The Bertz CT molecular complexity index is 617. The van der Waals surface area contributed by atoms with E-state index in [2.05, 4.69) is 15.3 Å². The molecule has 5 nitrogen and oxygen atoms in total. The van der Waals surface area contributed by atoms with Gasteiger partial charge in [-0.2, -0.15) is 0 Å². The van der Waals surface area contributed by atoms with Crippen molar-refractivity contribution in [3.05, 3.63) is 59.7 Å². The summed E-state index contributed by atoms with van der Waals surface area (Å²) < 4.78 is 0. The van der Waals surface area contributed by atoms with Crippen LogP contribution in [0, 0.1) is 0 Å². The molecule has 0 aliphatic rings. The van der Waals surface area contributed by atoms with Gasteiger partial charge in [0.1, 0.15) is 11.5 Å². The predicted molar refractivity (Wildman–Crippen MR) is 94.0 cm³/mol. The maximum Gasteiger partial charge on any atom is 0.124 e. The van der Waals surface area contributed by atoms with Crippen LogP contribution in [0.15, 0.2) is 58.5 Å². The van der Waals surface area contributed by atoms with Crippen LogP contribution in [0.1, 0.15) is 11.1 Å². The second kappa shape index (κ2) is 11.4. The molecule has 1 radical (unpaired) electrons. The van der Waals surface area contributed by atoms with Crippen molar-refractivity contribution in [2.75, 3.05) is 26.2 Å². The largest absolute Gasteiger partial charge is 0.507 e. The number of nitrogens with zero attached hydrogens (tertiary/aromatic N) is 2. The van der Waals surface area contributed by atoms with Crippen LogP contribution in [0.5, 0.6) is 11.5 Å². The van der Waals surface area contributed by atoms with Gasteiger partial charge in [-0.3, -0.25) is 9.98 Å². The Morgan fingerprint density at radius 3 is 1.58 bits per heavy atom. The fourth-order valence-electron chi connectivity index (χ4n) is 1.93. The number of rotatable bonds is 8. The molecule has 2 aromatic carbocycles. The van der Waals surface area contributed by atoms with Gasteiger partial charge in [0.25, 0.3) is 0 Å². The van der Waals surface area contributed by atoms with E-state index in [4.69, 9.17) is 0 Å². The van der Waals surface area contributed by atoms with Crippen LogP contribution in [0.4, 0.5) is 0 Å². The molecule has 0 atom stereocenters. The molecule has 127 valence electrons. The third-order valence-corrected chi connectivity index (χ3v) is 3.17. The van der Waals surface area contributed by atoms with Gasteiger partial charge in [-0.25, -0.2) is 0 Å². The molecular formula is C18H21MnN3O2. The van der Waals surface area contributed by atoms with E-state index < -0.39 is 0 Å². The molecule has 3 N–H and O–H groups in total. The maximum atomic E-state index is 9.58. The Labute approximate surface area is 152 Å². The number of para-hydroxylation sites is 2. The summed E-state index contributed by atoms with van der Waals surface area (Å²) in [5.41, 5.74) is 1.44. The summed E-state index contributed by atoms with van der Waals surface area (Å²) >= 11 is 0. The minimum atomic E-state index is 0. The van der Waals surface area contributed by atoms with Crippen molar-refractivity contribution in [2.45, 2.75) is 0 Å². The van der Waals surface area contributed by atoms with Crippen LogP contribution in [-0.2, 0) is 17.1 Å². The SMILES string of the molecule is Oc1ccccc1C=NCCNCCN=Cc1ccccc1O.[Mn]. The Kier molecular flexibility index (Phi) is 9.46. The van der Waals surface area contributed by atoms with E-state index in [0.29, 0.717) is 13.1 Å². The average Bonchev–Trinajstić information content (AvgIpc) is 2.56. The first-order chi connectivity index (χ1) is 11.3. The van der Waals surface area contributed by atoms with Gasteiger partial charge in [0.2, 0.25) is 0 Å². The number of aliphatic imine (C=N–C) groups is 2. The van der Waals surface area contributed by atoms with Crippen LogP contribution in [-0.4, -0.2) is 48.8 Å². The summed E-state index contributed by atoms with van der Waals surface area (Å²) in [5, 5.41) is 22.4. The number of phenolic OH excluding ortho intramolecular Hbond substituents is 2. The number of nitrogens with one attached hydrogen (secondary N) is 1. The van der Waals surface area contributed by atoms with E-state index in [0.717, 1.165) is 24.2 Å². The normalized spacial score (nSPS) is 11.0. The molecule has 0 fully saturated rings. The number of benzene rings is 2. The first-order valence-electron chi connectivity index (χ1n) is 7.54. The minimum Gasteiger partial charge on any atom is -0.507 e. The molecule has 2 rings (SSSR count). The van der Waals surface area contributed by atoms with E-state index in [1.54, 1.807) is 36.7 Å². The fraction of sp³-hybridized carbons (Fsp3) is 0.222. The standard InChI is InChI=1S/C18H21N3O2.Mn/c22-17-7-3-1-5-15(17)13-20-11-9-19-10-12-21-14-16-6-2-4-8-18(16)23;/h1-8,13-14,19,22-23H,9-12H2;. The van der Waals surface area contributed by atoms with E-state index >= 15 is 0 Å². The van der Waals surface area contributed by atoms with Crippen molar-refractivity contribution in [2.24, 2.45) is 9.98 Å². The third-order valence-electron chi connectivity index (χ3n) is 3.17. The number of hydrogen-bond acceptors (Lipinski definition) is 5. The van der Waals surface area contributed by atoms with Gasteiger partial charge >= 0.3 is 0 Å². The fourth-order valence-corrected chi connectivity index (χ4v) is 1.93. The number of hydrogen-bond donors (Lipinski definition) is 3. The monoisotopic (exact) mass is 366 g/mol. The number of aromatic hydroxyl groups is 2. The van der Waals surface area contributed by atoms with Gasteiger partial charge < -0.3 is 15.5 Å². The zero-order valence-electron chi connectivity index (χ0n) is 13.3. The maximum absolute atomic E-state index is 9.58.